The highest BCUT2D eigenvalue weighted by Crippen LogP contribution is 2.23. The minimum Gasteiger partial charge on any atom is -0.281 e. The Balaban J connectivity index is 2.16. The van der Waals surface area contributed by atoms with Crippen LogP contribution >= 0.6 is 11.6 Å². The van der Waals surface area contributed by atoms with Gasteiger partial charge in [0.2, 0.25) is 11.1 Å². The molecule has 1 aliphatic rings. The lowest BCUT2D eigenvalue weighted by Crippen LogP contribution is -2.26. The topological polar surface area (TPSA) is 81.0 Å². The Kier molecular flexibility index (Phi) is 2.86. The van der Waals surface area contributed by atoms with Crippen LogP contribution in [0.5, 0.6) is 0 Å². The van der Waals surface area contributed by atoms with Gasteiger partial charge >= 0.3 is 0 Å². The maximum Gasteiger partial charge on any atom is 0.272 e. The number of tetrazole rings is 1. The number of hydrogen-bond acceptors (Lipinski definition) is 5. The Morgan fingerprint density at radius 2 is 2.38 bits per heavy atom. The van der Waals surface area contributed by atoms with Gasteiger partial charge in [-0.15, -0.1) is 5.10 Å². The van der Waals surface area contributed by atoms with Crippen LogP contribution in [0.3, 0.4) is 0 Å². The monoisotopic (exact) mass is 243 g/mol. The van der Waals surface area contributed by atoms with Gasteiger partial charge < -0.3 is 0 Å². The summed E-state index contributed by atoms with van der Waals surface area (Å²) >= 11 is 5.36. The van der Waals surface area contributed by atoms with Crippen molar-refractivity contribution in [3.8, 4) is 0 Å². The van der Waals surface area contributed by atoms with Crippen LogP contribution in [0.25, 0.3) is 0 Å². The van der Waals surface area contributed by atoms with Crippen molar-refractivity contribution < 1.29 is 9.59 Å². The number of halogens is 1. The average Bonchev–Trinajstić information content (AvgIpc) is 2.83. The molecule has 0 unspecified atom stereocenters. The predicted octanol–water partition coefficient (Wildman–Crippen LogP) is -0.189. The molecule has 0 bridgehead atoms. The van der Waals surface area contributed by atoms with Crippen LogP contribution < -0.4 is 4.90 Å². The summed E-state index contributed by atoms with van der Waals surface area (Å²) in [7, 11) is 0. The Hall–Kier alpha value is -1.50. The van der Waals surface area contributed by atoms with Gasteiger partial charge in [-0.1, -0.05) is 5.10 Å². The minimum absolute atomic E-state index is 0.114. The molecule has 2 rings (SSSR count). The highest BCUT2D eigenvalue weighted by molar-refractivity contribution is 6.64. The number of rotatable bonds is 3. The van der Waals surface area contributed by atoms with Gasteiger partial charge in [0, 0.05) is 13.0 Å². The molecule has 0 aromatic carbocycles. The van der Waals surface area contributed by atoms with Gasteiger partial charge in [-0.2, -0.15) is 4.80 Å². The molecule has 1 atom stereocenters. The summed E-state index contributed by atoms with van der Waals surface area (Å²) < 4.78 is 0. The molecule has 7 nitrogen and oxygen atoms in total. The van der Waals surface area contributed by atoms with E-state index < -0.39 is 11.2 Å². The molecule has 2 heterocycles. The average molecular weight is 244 g/mol. The summed E-state index contributed by atoms with van der Waals surface area (Å²) in [5.74, 6) is -0.440. The first-order valence-electron chi connectivity index (χ1n) is 4.89. The van der Waals surface area contributed by atoms with Gasteiger partial charge in [-0.25, -0.2) is 0 Å². The van der Waals surface area contributed by atoms with Crippen LogP contribution in [0, 0.1) is 5.92 Å². The molecule has 0 spiro atoms. The fourth-order valence-corrected chi connectivity index (χ4v) is 1.68. The van der Waals surface area contributed by atoms with Gasteiger partial charge in [-0.3, -0.25) is 14.5 Å². The van der Waals surface area contributed by atoms with Crippen molar-refractivity contribution in [1.82, 2.24) is 20.2 Å². The van der Waals surface area contributed by atoms with Crippen molar-refractivity contribution in [3.05, 3.63) is 0 Å². The van der Waals surface area contributed by atoms with E-state index in [0.717, 1.165) is 0 Å². The molecular formula is C8H10ClN5O2. The summed E-state index contributed by atoms with van der Waals surface area (Å²) in [4.78, 5) is 25.3. The Morgan fingerprint density at radius 3 is 2.88 bits per heavy atom. The minimum atomic E-state index is -0.501. The van der Waals surface area contributed by atoms with Gasteiger partial charge in [-0.05, 0) is 23.7 Å². The second-order valence-corrected chi connectivity index (χ2v) is 3.86. The van der Waals surface area contributed by atoms with Crippen molar-refractivity contribution in [2.45, 2.75) is 19.9 Å². The summed E-state index contributed by atoms with van der Waals surface area (Å²) in [6.45, 7) is 2.67. The summed E-state index contributed by atoms with van der Waals surface area (Å²) in [6.07, 6.45) is 0.114. The van der Waals surface area contributed by atoms with Gasteiger partial charge in [0.15, 0.2) is 0 Å². The van der Waals surface area contributed by atoms with Crippen molar-refractivity contribution in [2.24, 2.45) is 5.92 Å². The number of nitrogens with zero attached hydrogens (tertiary/aromatic N) is 5. The molecule has 8 heteroatoms. The lowest BCUT2D eigenvalue weighted by Gasteiger charge is -2.09. The van der Waals surface area contributed by atoms with E-state index >= 15 is 0 Å². The standard InChI is InChI=1S/C8H10ClN5O2/c1-2-14-11-8(10-12-14)13-4-5(7(9)16)3-6(13)15/h5H,2-4H2,1H3/t5-/m0/s1. The van der Waals surface area contributed by atoms with Crippen molar-refractivity contribution in [3.63, 3.8) is 0 Å². The largest absolute Gasteiger partial charge is 0.281 e. The van der Waals surface area contributed by atoms with E-state index in [0.29, 0.717) is 6.54 Å². The van der Waals surface area contributed by atoms with Gasteiger partial charge in [0.25, 0.3) is 5.95 Å². The zero-order valence-electron chi connectivity index (χ0n) is 8.63. The van der Waals surface area contributed by atoms with E-state index in [4.69, 9.17) is 11.6 Å². The molecule has 0 radical (unpaired) electrons. The normalized spacial score (nSPS) is 20.5. The number of carbonyl (C=O) groups is 2. The number of anilines is 1. The van der Waals surface area contributed by atoms with Crippen LogP contribution in [-0.4, -0.2) is 37.9 Å². The molecule has 86 valence electrons. The third kappa shape index (κ3) is 1.90. The SMILES string of the molecule is CCn1nnc(N2C[C@@H](C(=O)Cl)CC2=O)n1. The van der Waals surface area contributed by atoms with E-state index in [2.05, 4.69) is 15.4 Å². The highest BCUT2D eigenvalue weighted by Gasteiger charge is 2.36. The number of aromatic nitrogens is 4. The van der Waals surface area contributed by atoms with Gasteiger partial charge in [0.05, 0.1) is 12.5 Å². The summed E-state index contributed by atoms with van der Waals surface area (Å²) in [6, 6.07) is 0. The Morgan fingerprint density at radius 1 is 1.62 bits per heavy atom. The van der Waals surface area contributed by atoms with Crippen molar-refractivity contribution >= 4 is 28.7 Å². The molecule has 16 heavy (non-hydrogen) atoms. The molecule has 0 N–H and O–H groups in total. The predicted molar refractivity (Wildman–Crippen MR) is 54.8 cm³/mol. The smallest absolute Gasteiger partial charge is 0.272 e. The highest BCUT2D eigenvalue weighted by atomic mass is 35.5. The number of carbonyl (C=O) groups excluding carboxylic acids is 2. The Labute approximate surface area is 96.3 Å². The van der Waals surface area contributed by atoms with Crippen LogP contribution in [0.4, 0.5) is 5.95 Å². The molecule has 1 aliphatic heterocycles. The molecule has 1 aromatic rings. The molecule has 1 amide bonds. The molecule has 1 fully saturated rings. The molecule has 0 saturated carbocycles. The third-order valence-electron chi connectivity index (χ3n) is 2.41. The van der Waals surface area contributed by atoms with E-state index in [9.17, 15) is 9.59 Å². The number of hydrogen-bond donors (Lipinski definition) is 0. The second-order valence-electron chi connectivity index (χ2n) is 3.49. The maximum atomic E-state index is 11.6. The third-order valence-corrected chi connectivity index (χ3v) is 2.72. The first-order chi connectivity index (χ1) is 7.61. The van der Waals surface area contributed by atoms with E-state index in [1.807, 2.05) is 6.92 Å². The fourth-order valence-electron chi connectivity index (χ4n) is 1.53. The molecule has 1 saturated heterocycles. The fraction of sp³-hybridized carbons (Fsp3) is 0.625. The van der Waals surface area contributed by atoms with E-state index in [-0.39, 0.29) is 24.8 Å². The van der Waals surface area contributed by atoms with Crippen LogP contribution in [0.2, 0.25) is 0 Å². The lowest BCUT2D eigenvalue weighted by atomic mass is 10.1. The Bertz CT molecular complexity index is 432. The summed E-state index contributed by atoms with van der Waals surface area (Å²) in [5, 5.41) is 11.0. The molecular weight excluding hydrogens is 234 g/mol. The zero-order chi connectivity index (χ0) is 11.7. The zero-order valence-corrected chi connectivity index (χ0v) is 9.39. The van der Waals surface area contributed by atoms with Crippen molar-refractivity contribution in [2.75, 3.05) is 11.4 Å². The quantitative estimate of drug-likeness (QED) is 0.688. The molecule has 1 aromatic heterocycles. The number of aryl methyl sites for hydroxylation is 1. The van der Waals surface area contributed by atoms with Crippen LogP contribution in [0.1, 0.15) is 13.3 Å². The molecule has 0 aliphatic carbocycles. The van der Waals surface area contributed by atoms with E-state index in [1.165, 1.54) is 9.70 Å². The number of amides is 1. The summed E-state index contributed by atoms with van der Waals surface area (Å²) in [5.41, 5.74) is 0. The van der Waals surface area contributed by atoms with E-state index in [1.54, 1.807) is 0 Å². The second kappa shape index (κ2) is 4.17. The first kappa shape index (κ1) is 11.0. The first-order valence-corrected chi connectivity index (χ1v) is 5.27. The van der Waals surface area contributed by atoms with Gasteiger partial charge in [0.1, 0.15) is 0 Å². The van der Waals surface area contributed by atoms with Crippen LogP contribution in [0.15, 0.2) is 0 Å². The lowest BCUT2D eigenvalue weighted by molar-refractivity contribution is -0.120. The maximum absolute atomic E-state index is 11.6. The van der Waals surface area contributed by atoms with Crippen molar-refractivity contribution in [1.29, 1.82) is 0 Å². The van der Waals surface area contributed by atoms with Crippen LogP contribution in [-0.2, 0) is 16.1 Å².